The number of amides is 1. The first-order valence-electron chi connectivity index (χ1n) is 7.88. The van der Waals surface area contributed by atoms with Crippen LogP contribution in [-0.2, 0) is 14.3 Å². The SMILES string of the molecule is CC(C)C[C@@H](CNC(=O)[C@H]1CCCO1)N1CCOCC1. The number of rotatable bonds is 6. The Morgan fingerprint density at radius 2 is 2.05 bits per heavy atom. The molecule has 5 heteroatoms. The van der Waals surface area contributed by atoms with Crippen LogP contribution in [0.5, 0.6) is 0 Å². The van der Waals surface area contributed by atoms with Crippen LogP contribution in [0.3, 0.4) is 0 Å². The minimum absolute atomic E-state index is 0.0597. The fourth-order valence-electron chi connectivity index (χ4n) is 2.96. The molecule has 0 aliphatic carbocycles. The smallest absolute Gasteiger partial charge is 0.249 e. The van der Waals surface area contributed by atoms with Crippen molar-refractivity contribution in [3.8, 4) is 0 Å². The lowest BCUT2D eigenvalue weighted by Gasteiger charge is -2.35. The molecular formula is C15H28N2O3. The summed E-state index contributed by atoms with van der Waals surface area (Å²) in [4.78, 5) is 14.5. The lowest BCUT2D eigenvalue weighted by atomic mass is 10.0. The molecule has 2 aliphatic heterocycles. The second-order valence-electron chi connectivity index (χ2n) is 6.18. The lowest BCUT2D eigenvalue weighted by molar-refractivity contribution is -0.130. The summed E-state index contributed by atoms with van der Waals surface area (Å²) >= 11 is 0. The number of morpholine rings is 1. The fraction of sp³-hybridized carbons (Fsp3) is 0.933. The molecule has 116 valence electrons. The number of hydrogen-bond donors (Lipinski definition) is 1. The summed E-state index contributed by atoms with van der Waals surface area (Å²) in [6.07, 6.45) is 2.74. The van der Waals surface area contributed by atoms with Crippen LogP contribution in [0.1, 0.15) is 33.1 Å². The summed E-state index contributed by atoms with van der Waals surface area (Å²) < 4.78 is 10.8. The van der Waals surface area contributed by atoms with Crippen molar-refractivity contribution in [3.05, 3.63) is 0 Å². The van der Waals surface area contributed by atoms with E-state index in [2.05, 4.69) is 24.1 Å². The van der Waals surface area contributed by atoms with E-state index < -0.39 is 0 Å². The maximum absolute atomic E-state index is 12.0. The molecule has 0 aromatic rings. The van der Waals surface area contributed by atoms with Crippen LogP contribution < -0.4 is 5.32 Å². The molecule has 0 unspecified atom stereocenters. The minimum atomic E-state index is -0.223. The molecule has 20 heavy (non-hydrogen) atoms. The van der Waals surface area contributed by atoms with E-state index in [4.69, 9.17) is 9.47 Å². The van der Waals surface area contributed by atoms with E-state index in [0.717, 1.165) is 58.7 Å². The molecule has 2 fully saturated rings. The summed E-state index contributed by atoms with van der Waals surface area (Å²) in [5.74, 6) is 0.687. The third-order valence-corrected chi connectivity index (χ3v) is 4.04. The van der Waals surface area contributed by atoms with E-state index in [9.17, 15) is 4.79 Å². The summed E-state index contributed by atoms with van der Waals surface area (Å²) in [7, 11) is 0. The Labute approximate surface area is 122 Å². The van der Waals surface area contributed by atoms with E-state index in [0.29, 0.717) is 12.0 Å². The van der Waals surface area contributed by atoms with Gasteiger partial charge in [0.2, 0.25) is 5.91 Å². The van der Waals surface area contributed by atoms with Gasteiger partial charge in [0.05, 0.1) is 13.2 Å². The lowest BCUT2D eigenvalue weighted by Crippen LogP contribution is -2.50. The molecule has 0 aromatic carbocycles. The molecule has 5 nitrogen and oxygen atoms in total. The average Bonchev–Trinajstić information content (AvgIpc) is 2.98. The number of hydrogen-bond acceptors (Lipinski definition) is 4. The Balaban J connectivity index is 1.81. The number of carbonyl (C=O) groups is 1. The van der Waals surface area contributed by atoms with Crippen molar-refractivity contribution in [3.63, 3.8) is 0 Å². The summed E-state index contributed by atoms with van der Waals surface area (Å²) in [6, 6.07) is 0.407. The molecule has 2 heterocycles. The number of nitrogens with zero attached hydrogens (tertiary/aromatic N) is 1. The van der Waals surface area contributed by atoms with Gasteiger partial charge in [0.25, 0.3) is 0 Å². The standard InChI is InChI=1S/C15H28N2O3/c1-12(2)10-13(17-5-8-19-9-6-17)11-16-15(18)14-4-3-7-20-14/h12-14H,3-11H2,1-2H3,(H,16,18)/t13-,14+/m0/s1. The fourth-order valence-corrected chi connectivity index (χ4v) is 2.96. The zero-order valence-corrected chi connectivity index (χ0v) is 12.8. The Morgan fingerprint density at radius 3 is 2.65 bits per heavy atom. The molecule has 2 rings (SSSR count). The molecule has 1 amide bonds. The zero-order valence-electron chi connectivity index (χ0n) is 12.8. The van der Waals surface area contributed by atoms with Crippen molar-refractivity contribution in [2.75, 3.05) is 39.5 Å². The van der Waals surface area contributed by atoms with Crippen LogP contribution in [0.4, 0.5) is 0 Å². The van der Waals surface area contributed by atoms with E-state index >= 15 is 0 Å². The molecule has 2 aliphatic rings. The highest BCUT2D eigenvalue weighted by Gasteiger charge is 2.26. The van der Waals surface area contributed by atoms with E-state index in [1.165, 1.54) is 0 Å². The number of nitrogens with one attached hydrogen (secondary N) is 1. The van der Waals surface area contributed by atoms with Gasteiger partial charge in [-0.05, 0) is 25.2 Å². The second kappa shape index (κ2) is 7.96. The Bertz CT molecular complexity index is 297. The molecule has 0 radical (unpaired) electrons. The van der Waals surface area contributed by atoms with Crippen molar-refractivity contribution in [1.29, 1.82) is 0 Å². The summed E-state index contributed by atoms with van der Waals surface area (Å²) in [6.45, 7) is 9.43. The largest absolute Gasteiger partial charge is 0.379 e. The van der Waals surface area contributed by atoms with Gasteiger partial charge in [-0.25, -0.2) is 0 Å². The molecular weight excluding hydrogens is 256 g/mol. The molecule has 2 saturated heterocycles. The highest BCUT2D eigenvalue weighted by Crippen LogP contribution is 2.14. The van der Waals surface area contributed by atoms with Crippen molar-refractivity contribution in [2.24, 2.45) is 5.92 Å². The predicted molar refractivity (Wildman–Crippen MR) is 77.6 cm³/mol. The Kier molecular flexibility index (Phi) is 6.26. The zero-order chi connectivity index (χ0) is 14.4. The number of carbonyl (C=O) groups excluding carboxylic acids is 1. The van der Waals surface area contributed by atoms with Crippen LogP contribution in [-0.4, -0.2) is 62.4 Å². The highest BCUT2D eigenvalue weighted by molar-refractivity contribution is 5.80. The van der Waals surface area contributed by atoms with Gasteiger partial charge in [-0.3, -0.25) is 9.69 Å². The van der Waals surface area contributed by atoms with Gasteiger partial charge in [0, 0.05) is 32.3 Å². The normalized spacial score (nSPS) is 25.9. The molecule has 0 aromatic heterocycles. The van der Waals surface area contributed by atoms with Crippen molar-refractivity contribution in [2.45, 2.75) is 45.3 Å². The van der Waals surface area contributed by atoms with Gasteiger partial charge in [0.1, 0.15) is 6.10 Å². The quantitative estimate of drug-likeness (QED) is 0.791. The van der Waals surface area contributed by atoms with Gasteiger partial charge in [-0.1, -0.05) is 13.8 Å². The maximum Gasteiger partial charge on any atom is 0.249 e. The molecule has 0 bridgehead atoms. The van der Waals surface area contributed by atoms with Gasteiger partial charge < -0.3 is 14.8 Å². The Hall–Kier alpha value is -0.650. The van der Waals surface area contributed by atoms with Crippen molar-refractivity contribution >= 4 is 5.91 Å². The first-order valence-corrected chi connectivity index (χ1v) is 7.88. The molecule has 0 saturated carbocycles. The number of ether oxygens (including phenoxy) is 2. The van der Waals surface area contributed by atoms with Gasteiger partial charge >= 0.3 is 0 Å². The summed E-state index contributed by atoms with van der Waals surface area (Å²) in [5, 5.41) is 3.08. The molecule has 0 spiro atoms. The van der Waals surface area contributed by atoms with E-state index in [1.807, 2.05) is 0 Å². The van der Waals surface area contributed by atoms with Crippen molar-refractivity contribution < 1.29 is 14.3 Å². The minimum Gasteiger partial charge on any atom is -0.379 e. The summed E-state index contributed by atoms with van der Waals surface area (Å²) in [5.41, 5.74) is 0. The highest BCUT2D eigenvalue weighted by atomic mass is 16.5. The third-order valence-electron chi connectivity index (χ3n) is 4.04. The molecule has 1 N–H and O–H groups in total. The van der Waals surface area contributed by atoms with Gasteiger partial charge in [0.15, 0.2) is 0 Å². The van der Waals surface area contributed by atoms with Crippen LogP contribution in [0.15, 0.2) is 0 Å². The maximum atomic E-state index is 12.0. The van der Waals surface area contributed by atoms with E-state index in [-0.39, 0.29) is 12.0 Å². The average molecular weight is 284 g/mol. The van der Waals surface area contributed by atoms with Crippen LogP contribution in [0, 0.1) is 5.92 Å². The topological polar surface area (TPSA) is 50.8 Å². The predicted octanol–water partition coefficient (Wildman–Crippen LogP) is 1.03. The van der Waals surface area contributed by atoms with Crippen LogP contribution >= 0.6 is 0 Å². The van der Waals surface area contributed by atoms with Crippen LogP contribution in [0.2, 0.25) is 0 Å². The van der Waals surface area contributed by atoms with Crippen LogP contribution in [0.25, 0.3) is 0 Å². The first-order chi connectivity index (χ1) is 9.66. The monoisotopic (exact) mass is 284 g/mol. The second-order valence-corrected chi connectivity index (χ2v) is 6.18. The molecule has 2 atom stereocenters. The van der Waals surface area contributed by atoms with Gasteiger partial charge in [-0.2, -0.15) is 0 Å². The van der Waals surface area contributed by atoms with E-state index in [1.54, 1.807) is 0 Å². The Morgan fingerprint density at radius 1 is 1.30 bits per heavy atom. The van der Waals surface area contributed by atoms with Gasteiger partial charge in [-0.15, -0.1) is 0 Å². The third kappa shape index (κ3) is 4.72. The first kappa shape index (κ1) is 15.7. The van der Waals surface area contributed by atoms with Crippen molar-refractivity contribution in [1.82, 2.24) is 10.2 Å².